The third-order valence-corrected chi connectivity index (χ3v) is 6.74. The molecule has 0 aromatic heterocycles. The van der Waals surface area contributed by atoms with Gasteiger partial charge in [0.05, 0.1) is 19.8 Å². The van der Waals surface area contributed by atoms with Crippen molar-refractivity contribution < 1.29 is 23.5 Å². The monoisotopic (exact) mass is 494 g/mol. The minimum absolute atomic E-state index is 0.00394. The number of amides is 3. The number of urea groups is 1. The number of alkyl carbamates (subject to hydrolysis) is 1. The van der Waals surface area contributed by atoms with Crippen LogP contribution < -0.4 is 16.0 Å². The number of methoxy groups -OCH3 is 1. The molecule has 3 N–H and O–H groups in total. The van der Waals surface area contributed by atoms with Crippen LogP contribution in [0.2, 0.25) is 0 Å². The van der Waals surface area contributed by atoms with Crippen molar-refractivity contribution in [2.45, 2.75) is 58.6 Å². The van der Waals surface area contributed by atoms with E-state index in [9.17, 15) is 14.0 Å². The Morgan fingerprint density at radius 1 is 1.31 bits per heavy atom. The molecule has 1 aliphatic heterocycles. The normalized spacial score (nSPS) is 18.0. The van der Waals surface area contributed by atoms with Crippen LogP contribution in [-0.4, -0.2) is 70.0 Å². The van der Waals surface area contributed by atoms with Crippen molar-refractivity contribution in [1.82, 2.24) is 20.9 Å². The van der Waals surface area contributed by atoms with E-state index in [1.54, 1.807) is 6.07 Å². The van der Waals surface area contributed by atoms with Gasteiger partial charge in [0, 0.05) is 38.1 Å². The predicted octanol–water partition coefficient (Wildman–Crippen LogP) is 4.08. The number of nitrogens with one attached hydrogen (secondary N) is 3. The largest absolute Gasteiger partial charge is 0.453 e. The smallest absolute Gasteiger partial charge is 0.406 e. The molecule has 1 aliphatic rings. The maximum absolute atomic E-state index is 14.0. The summed E-state index contributed by atoms with van der Waals surface area (Å²) in [6, 6.07) is 6.34. The summed E-state index contributed by atoms with van der Waals surface area (Å²) < 4.78 is 24.7. The van der Waals surface area contributed by atoms with E-state index in [1.165, 1.54) is 19.2 Å². The highest BCUT2D eigenvalue weighted by molar-refractivity contribution is 5.74. The molecule has 198 valence electrons. The van der Waals surface area contributed by atoms with Gasteiger partial charge in [-0.25, -0.2) is 14.0 Å². The first-order valence-electron chi connectivity index (χ1n) is 12.6. The first-order valence-corrected chi connectivity index (χ1v) is 12.6. The van der Waals surface area contributed by atoms with Crippen molar-refractivity contribution in [3.05, 3.63) is 35.6 Å². The number of nitrogens with zero attached hydrogens (tertiary/aromatic N) is 1. The molecule has 0 aliphatic carbocycles. The van der Waals surface area contributed by atoms with E-state index in [0.29, 0.717) is 19.6 Å². The Hall–Kier alpha value is -2.39. The van der Waals surface area contributed by atoms with Crippen LogP contribution in [0.15, 0.2) is 24.3 Å². The predicted molar refractivity (Wildman–Crippen MR) is 135 cm³/mol. The molecule has 35 heavy (non-hydrogen) atoms. The molecule has 1 unspecified atom stereocenters. The maximum Gasteiger partial charge on any atom is 0.406 e. The van der Waals surface area contributed by atoms with Crippen LogP contribution >= 0.6 is 0 Å². The molecule has 1 fully saturated rings. The van der Waals surface area contributed by atoms with Crippen molar-refractivity contribution in [3.8, 4) is 0 Å². The number of likely N-dealkylation sites (tertiary alicyclic amines) is 1. The molecule has 8 nitrogen and oxygen atoms in total. The number of benzene rings is 1. The summed E-state index contributed by atoms with van der Waals surface area (Å²) in [4.78, 5) is 26.4. The first-order chi connectivity index (χ1) is 16.7. The SMILES string of the molecule is CCC(C)(C)C[C@@H](CNC)NC(=O)N1CCC[C@@H](C(OCCNC(=O)OC)c2cccc(F)c2)C1. The lowest BCUT2D eigenvalue weighted by Crippen LogP contribution is -2.52. The average molecular weight is 495 g/mol. The van der Waals surface area contributed by atoms with Crippen molar-refractivity contribution in [2.24, 2.45) is 11.3 Å². The number of hydrogen-bond acceptors (Lipinski definition) is 5. The van der Waals surface area contributed by atoms with Crippen LogP contribution in [-0.2, 0) is 9.47 Å². The quantitative estimate of drug-likeness (QED) is 0.381. The molecule has 0 saturated carbocycles. The molecule has 1 saturated heterocycles. The fraction of sp³-hybridized carbons (Fsp3) is 0.692. The van der Waals surface area contributed by atoms with E-state index < -0.39 is 12.2 Å². The number of carbonyl (C=O) groups excluding carboxylic acids is 2. The molecular weight excluding hydrogens is 451 g/mol. The van der Waals surface area contributed by atoms with Crippen LogP contribution in [0.25, 0.3) is 0 Å². The van der Waals surface area contributed by atoms with Crippen LogP contribution in [0.3, 0.4) is 0 Å². The van der Waals surface area contributed by atoms with Gasteiger partial charge >= 0.3 is 12.1 Å². The molecule has 2 rings (SSSR count). The molecule has 1 aromatic rings. The fourth-order valence-electron chi connectivity index (χ4n) is 4.54. The Labute approximate surface area is 209 Å². The first kappa shape index (κ1) is 28.8. The van der Waals surface area contributed by atoms with Crippen LogP contribution in [0.5, 0.6) is 0 Å². The summed E-state index contributed by atoms with van der Waals surface area (Å²) in [6.45, 7) is 9.01. The maximum atomic E-state index is 14.0. The lowest BCUT2D eigenvalue weighted by molar-refractivity contribution is -0.00882. The third-order valence-electron chi connectivity index (χ3n) is 6.74. The highest BCUT2D eigenvalue weighted by Crippen LogP contribution is 2.33. The molecule has 3 amide bonds. The van der Waals surface area contributed by atoms with Crippen molar-refractivity contribution in [1.29, 1.82) is 0 Å². The number of piperidine rings is 1. The Morgan fingerprint density at radius 2 is 2.09 bits per heavy atom. The molecule has 3 atom stereocenters. The second kappa shape index (κ2) is 14.2. The zero-order valence-electron chi connectivity index (χ0n) is 21.9. The molecule has 1 aromatic carbocycles. The van der Waals surface area contributed by atoms with Crippen LogP contribution in [0.4, 0.5) is 14.0 Å². The Morgan fingerprint density at radius 3 is 2.74 bits per heavy atom. The van der Waals surface area contributed by atoms with Gasteiger partial charge in [-0.15, -0.1) is 0 Å². The average Bonchev–Trinajstić information content (AvgIpc) is 2.83. The van der Waals surface area contributed by atoms with Crippen molar-refractivity contribution in [2.75, 3.05) is 46.9 Å². The highest BCUT2D eigenvalue weighted by atomic mass is 19.1. The summed E-state index contributed by atoms with van der Waals surface area (Å²) in [5, 5.41) is 9.01. The van der Waals surface area contributed by atoms with E-state index in [2.05, 4.69) is 41.5 Å². The van der Waals surface area contributed by atoms with Gasteiger partial charge in [-0.3, -0.25) is 0 Å². The van der Waals surface area contributed by atoms with Crippen molar-refractivity contribution in [3.63, 3.8) is 0 Å². The topological polar surface area (TPSA) is 91.9 Å². The van der Waals surface area contributed by atoms with Gasteiger partial charge in [-0.1, -0.05) is 39.3 Å². The number of hydrogen-bond donors (Lipinski definition) is 3. The molecular formula is C26H43FN4O4. The van der Waals surface area contributed by atoms with Gasteiger partial charge in [0.15, 0.2) is 0 Å². The second-order valence-corrected chi connectivity index (χ2v) is 10.0. The van der Waals surface area contributed by atoms with E-state index in [4.69, 9.17) is 4.74 Å². The lowest BCUT2D eigenvalue weighted by atomic mass is 9.83. The van der Waals surface area contributed by atoms with Crippen LogP contribution in [0.1, 0.15) is 58.1 Å². The number of carbonyl (C=O) groups is 2. The highest BCUT2D eigenvalue weighted by Gasteiger charge is 2.32. The van der Waals surface area contributed by atoms with Gasteiger partial charge < -0.3 is 30.3 Å². The fourth-order valence-corrected chi connectivity index (χ4v) is 4.54. The zero-order chi connectivity index (χ0) is 25.8. The van der Waals surface area contributed by atoms with Gasteiger partial charge in [0.1, 0.15) is 5.82 Å². The van der Waals surface area contributed by atoms with E-state index >= 15 is 0 Å². The third kappa shape index (κ3) is 9.64. The van der Waals surface area contributed by atoms with E-state index in [-0.39, 0.29) is 42.4 Å². The lowest BCUT2D eigenvalue weighted by Gasteiger charge is -2.38. The minimum Gasteiger partial charge on any atom is -0.453 e. The van der Waals surface area contributed by atoms with Crippen LogP contribution in [0, 0.1) is 17.2 Å². The Balaban J connectivity index is 2.08. The molecule has 0 spiro atoms. The number of halogens is 1. The summed E-state index contributed by atoms with van der Waals surface area (Å²) in [5.41, 5.74) is 0.862. The van der Waals surface area contributed by atoms with E-state index in [0.717, 1.165) is 31.2 Å². The number of likely N-dealkylation sites (N-methyl/N-ethyl adjacent to an activating group) is 1. The molecule has 0 radical (unpaired) electrons. The Bertz CT molecular complexity index is 807. The standard InChI is InChI=1S/C26H43FN4O4/c1-6-26(2,3)16-22(17-28-4)30-24(32)31-13-8-10-20(18-31)23(19-9-7-11-21(27)15-19)35-14-12-29-25(33)34-5/h7,9,11,15,20,22-23,28H,6,8,10,12-14,16-18H2,1-5H3,(H,29,33)(H,30,32)/t20-,22+,23?/m1/s1. The van der Waals surface area contributed by atoms with Gasteiger partial charge in [0.2, 0.25) is 0 Å². The number of ether oxygens (including phenoxy) is 2. The zero-order valence-corrected chi connectivity index (χ0v) is 21.9. The Kier molecular flexibility index (Phi) is 11.7. The van der Waals surface area contributed by atoms with Crippen molar-refractivity contribution >= 4 is 12.1 Å². The second-order valence-electron chi connectivity index (χ2n) is 10.0. The number of rotatable bonds is 12. The van der Waals surface area contributed by atoms with Gasteiger partial charge in [-0.2, -0.15) is 0 Å². The van der Waals surface area contributed by atoms with Gasteiger partial charge in [-0.05, 0) is 49.4 Å². The summed E-state index contributed by atoms with van der Waals surface area (Å²) in [7, 11) is 3.20. The summed E-state index contributed by atoms with van der Waals surface area (Å²) in [6.07, 6.45) is 2.69. The molecule has 0 bridgehead atoms. The minimum atomic E-state index is -0.529. The van der Waals surface area contributed by atoms with E-state index in [1.807, 2.05) is 18.0 Å². The summed E-state index contributed by atoms with van der Waals surface area (Å²) in [5.74, 6) is -0.327. The molecule has 9 heteroatoms. The molecule has 1 heterocycles. The summed E-state index contributed by atoms with van der Waals surface area (Å²) >= 11 is 0. The van der Waals surface area contributed by atoms with Gasteiger partial charge in [0.25, 0.3) is 0 Å².